The zero-order valence-electron chi connectivity index (χ0n) is 21.4. The molecule has 3 rings (SSSR count). The summed E-state index contributed by atoms with van der Waals surface area (Å²) < 4.78 is 0. The van der Waals surface area contributed by atoms with Gasteiger partial charge in [-0.05, 0) is 49.9 Å². The Bertz CT molecular complexity index is 688. The topological polar surface area (TPSA) is 37.4 Å². The Morgan fingerprint density at radius 1 is 0.906 bits per heavy atom. The summed E-state index contributed by atoms with van der Waals surface area (Å²) in [6.07, 6.45) is 3.47. The average Bonchev–Trinajstić information content (AvgIpc) is 3.34. The van der Waals surface area contributed by atoms with Gasteiger partial charge in [-0.15, -0.1) is 0 Å². The predicted octanol–water partition coefficient (Wildman–Crippen LogP) is 6.94. The monoisotopic (exact) mass is 439 g/mol. The van der Waals surface area contributed by atoms with E-state index in [0.29, 0.717) is 6.42 Å². The molecule has 0 aromatic heterocycles. The highest BCUT2D eigenvalue weighted by Gasteiger charge is 2.48. The molecular formula is C29H45NO2. The van der Waals surface area contributed by atoms with Crippen molar-refractivity contribution in [1.82, 2.24) is 4.90 Å². The molecule has 0 bridgehead atoms. The maximum Gasteiger partial charge on any atom is 0.145 e. The molecule has 3 nitrogen and oxygen atoms in total. The number of hydrogen-bond donors (Lipinski definition) is 0. The third-order valence-corrected chi connectivity index (χ3v) is 5.69. The second kappa shape index (κ2) is 17.3. The van der Waals surface area contributed by atoms with Gasteiger partial charge in [-0.2, -0.15) is 0 Å². The van der Waals surface area contributed by atoms with E-state index in [-0.39, 0.29) is 11.7 Å². The molecule has 2 aromatic carbocycles. The Labute approximate surface area is 197 Å². The van der Waals surface area contributed by atoms with Crippen molar-refractivity contribution in [1.29, 1.82) is 0 Å². The van der Waals surface area contributed by atoms with Gasteiger partial charge < -0.3 is 9.69 Å². The van der Waals surface area contributed by atoms with E-state index in [4.69, 9.17) is 0 Å². The summed E-state index contributed by atoms with van der Waals surface area (Å²) in [6.45, 7) is 16.5. The maximum atomic E-state index is 13.2. The normalized spacial score (nSPS) is 15.2. The smallest absolute Gasteiger partial charge is 0.145 e. The summed E-state index contributed by atoms with van der Waals surface area (Å²) in [7, 11) is 0. The molecule has 1 unspecified atom stereocenters. The number of carbonyl (C=O) groups is 2. The molecule has 178 valence electrons. The highest BCUT2D eigenvalue weighted by atomic mass is 16.1. The van der Waals surface area contributed by atoms with E-state index in [9.17, 15) is 9.59 Å². The van der Waals surface area contributed by atoms with Gasteiger partial charge in [0.1, 0.15) is 12.1 Å². The van der Waals surface area contributed by atoms with E-state index in [0.717, 1.165) is 49.9 Å². The molecule has 32 heavy (non-hydrogen) atoms. The van der Waals surface area contributed by atoms with E-state index in [1.807, 2.05) is 77.9 Å². The number of hydrogen-bond acceptors (Lipinski definition) is 3. The lowest BCUT2D eigenvalue weighted by Crippen LogP contribution is -2.44. The first-order valence-electron chi connectivity index (χ1n) is 12.5. The van der Waals surface area contributed by atoms with Crippen molar-refractivity contribution < 1.29 is 9.59 Å². The molecular weight excluding hydrogens is 394 g/mol. The lowest BCUT2D eigenvalue weighted by Gasteiger charge is -2.38. The number of aldehydes is 1. The molecule has 0 saturated carbocycles. The largest absolute Gasteiger partial charge is 0.303 e. The first kappa shape index (κ1) is 29.7. The summed E-state index contributed by atoms with van der Waals surface area (Å²) in [4.78, 5) is 26.2. The van der Waals surface area contributed by atoms with Crippen molar-refractivity contribution >= 4 is 12.1 Å². The van der Waals surface area contributed by atoms with Gasteiger partial charge in [0, 0.05) is 13.0 Å². The van der Waals surface area contributed by atoms with Crippen molar-refractivity contribution in [3.05, 3.63) is 71.8 Å². The third kappa shape index (κ3) is 7.41. The van der Waals surface area contributed by atoms with Crippen LogP contribution in [0.15, 0.2) is 60.7 Å². The van der Waals surface area contributed by atoms with Crippen molar-refractivity contribution in [2.24, 2.45) is 5.92 Å². The van der Waals surface area contributed by atoms with Crippen LogP contribution in [0.2, 0.25) is 0 Å². The molecule has 1 aliphatic heterocycles. The van der Waals surface area contributed by atoms with Crippen LogP contribution >= 0.6 is 0 Å². The molecule has 1 atom stereocenters. The molecule has 0 aliphatic carbocycles. The van der Waals surface area contributed by atoms with E-state index < -0.39 is 5.41 Å². The van der Waals surface area contributed by atoms with Gasteiger partial charge in [-0.1, -0.05) is 102 Å². The Morgan fingerprint density at radius 2 is 1.38 bits per heavy atom. The Balaban J connectivity index is 0.00000148. The summed E-state index contributed by atoms with van der Waals surface area (Å²) >= 11 is 0. The summed E-state index contributed by atoms with van der Waals surface area (Å²) in [5.41, 5.74) is 1.55. The van der Waals surface area contributed by atoms with Gasteiger partial charge in [0.25, 0.3) is 0 Å². The second-order valence-corrected chi connectivity index (χ2v) is 7.19. The Kier molecular flexibility index (Phi) is 16.1. The highest BCUT2D eigenvalue weighted by Crippen LogP contribution is 2.44. The van der Waals surface area contributed by atoms with Crippen molar-refractivity contribution in [2.45, 2.75) is 73.1 Å². The van der Waals surface area contributed by atoms with Crippen LogP contribution in [0.4, 0.5) is 0 Å². The standard InChI is InChI=1S/C23H27NO2.3C2H6/c1-19(26)23(20-10-4-2-5-11-20,21-12-6-3-7-13-21)22-14-16-24(18-22)15-8-9-17-25;3*1-2/h2-7,10-13,17,22H,8-9,14-16,18H2,1H3;3*1-2H3. The molecule has 0 N–H and O–H groups in total. The van der Waals surface area contributed by atoms with Crippen LogP contribution in [0.1, 0.15) is 78.9 Å². The highest BCUT2D eigenvalue weighted by molar-refractivity contribution is 5.92. The van der Waals surface area contributed by atoms with E-state index in [1.54, 1.807) is 6.92 Å². The van der Waals surface area contributed by atoms with Crippen LogP contribution in [0.5, 0.6) is 0 Å². The molecule has 1 aliphatic rings. The predicted molar refractivity (Wildman–Crippen MR) is 138 cm³/mol. The molecule has 1 fully saturated rings. The summed E-state index contributed by atoms with van der Waals surface area (Å²) in [5, 5.41) is 0. The number of unbranched alkanes of at least 4 members (excludes halogenated alkanes) is 1. The first-order chi connectivity index (χ1) is 15.7. The fourth-order valence-electron chi connectivity index (χ4n) is 4.52. The number of nitrogens with zero attached hydrogens (tertiary/aromatic N) is 1. The fraction of sp³-hybridized carbons (Fsp3) is 0.517. The van der Waals surface area contributed by atoms with Gasteiger partial charge in [0.05, 0.1) is 5.41 Å². The number of rotatable bonds is 8. The van der Waals surface area contributed by atoms with Gasteiger partial charge in [0.2, 0.25) is 0 Å². The zero-order valence-corrected chi connectivity index (χ0v) is 21.4. The number of ketones is 1. The fourth-order valence-corrected chi connectivity index (χ4v) is 4.52. The van der Waals surface area contributed by atoms with Gasteiger partial charge in [0.15, 0.2) is 0 Å². The molecule has 2 aromatic rings. The van der Waals surface area contributed by atoms with Crippen LogP contribution in [0, 0.1) is 5.92 Å². The van der Waals surface area contributed by atoms with Crippen molar-refractivity contribution in [2.75, 3.05) is 19.6 Å². The minimum absolute atomic E-state index is 0.203. The Morgan fingerprint density at radius 3 is 1.78 bits per heavy atom. The first-order valence-corrected chi connectivity index (χ1v) is 12.5. The van der Waals surface area contributed by atoms with Crippen molar-refractivity contribution in [3.63, 3.8) is 0 Å². The summed E-state index contributed by atoms with van der Waals surface area (Å²) in [5.74, 6) is 0.440. The molecule has 1 saturated heterocycles. The molecule has 0 radical (unpaired) electrons. The minimum atomic E-state index is -0.609. The Hall–Kier alpha value is -2.26. The lowest BCUT2D eigenvalue weighted by molar-refractivity contribution is -0.122. The number of carbonyl (C=O) groups excluding carboxylic acids is 2. The van der Waals surface area contributed by atoms with Crippen LogP contribution in [0.25, 0.3) is 0 Å². The maximum absolute atomic E-state index is 13.2. The van der Waals surface area contributed by atoms with Gasteiger partial charge in [-0.25, -0.2) is 0 Å². The van der Waals surface area contributed by atoms with E-state index in [1.165, 1.54) is 0 Å². The third-order valence-electron chi connectivity index (χ3n) is 5.69. The van der Waals surface area contributed by atoms with Gasteiger partial charge >= 0.3 is 0 Å². The molecule has 0 spiro atoms. The minimum Gasteiger partial charge on any atom is -0.303 e. The summed E-state index contributed by atoms with van der Waals surface area (Å²) in [6, 6.07) is 20.4. The van der Waals surface area contributed by atoms with Gasteiger partial charge in [-0.3, -0.25) is 4.79 Å². The zero-order chi connectivity index (χ0) is 24.4. The van der Waals surface area contributed by atoms with Crippen LogP contribution < -0.4 is 0 Å². The van der Waals surface area contributed by atoms with Crippen LogP contribution in [0.3, 0.4) is 0 Å². The number of Topliss-reactive ketones (excluding diaryl/α,β-unsaturated/α-hetero) is 1. The molecule has 3 heteroatoms. The molecule has 0 amide bonds. The SMILES string of the molecule is CC.CC.CC.CC(=O)C(c1ccccc1)(c1ccccc1)C1CCN(CCCC=O)C1. The number of benzene rings is 2. The van der Waals surface area contributed by atoms with Crippen molar-refractivity contribution in [3.8, 4) is 0 Å². The lowest BCUT2D eigenvalue weighted by atomic mass is 9.63. The average molecular weight is 440 g/mol. The number of likely N-dealkylation sites (tertiary alicyclic amines) is 1. The van der Waals surface area contributed by atoms with E-state index in [2.05, 4.69) is 29.2 Å². The van der Waals surface area contributed by atoms with E-state index >= 15 is 0 Å². The molecule has 1 heterocycles. The van der Waals surface area contributed by atoms with Crippen LogP contribution in [-0.2, 0) is 15.0 Å². The second-order valence-electron chi connectivity index (χ2n) is 7.19. The quantitative estimate of drug-likeness (QED) is 0.330. The van der Waals surface area contributed by atoms with Crippen LogP contribution in [-0.4, -0.2) is 36.6 Å².